The molecule has 0 bridgehead atoms. The van der Waals surface area contributed by atoms with Gasteiger partial charge in [0.25, 0.3) is 0 Å². The van der Waals surface area contributed by atoms with E-state index in [0.717, 1.165) is 5.56 Å². The van der Waals surface area contributed by atoms with Crippen molar-refractivity contribution in [1.29, 1.82) is 5.26 Å². The van der Waals surface area contributed by atoms with Crippen molar-refractivity contribution in [2.24, 2.45) is 0 Å². The van der Waals surface area contributed by atoms with Crippen molar-refractivity contribution in [2.45, 2.75) is 24.5 Å². The molecular weight excluding hydrogens is 617 g/mol. The molecule has 0 radical (unpaired) electrons. The highest BCUT2D eigenvalue weighted by Gasteiger charge is 2.45. The zero-order chi connectivity index (χ0) is 27.6. The number of nitriles is 1. The molecule has 4 aromatic carbocycles. The van der Waals surface area contributed by atoms with E-state index < -0.39 is 12.0 Å². The number of nitrogens with zero attached hydrogens (tertiary/aromatic N) is 1. The molecule has 4 aromatic rings. The Morgan fingerprint density at radius 1 is 0.825 bits per heavy atom. The molecule has 0 aromatic heterocycles. The maximum absolute atomic E-state index is 12.9. The Bertz CT molecular complexity index is 1320. The van der Waals surface area contributed by atoms with Gasteiger partial charge in [0.2, 0.25) is 0 Å². The first-order valence-electron chi connectivity index (χ1n) is 12.9. The van der Waals surface area contributed by atoms with E-state index >= 15 is 0 Å². The Morgan fingerprint density at radius 3 is 1.68 bits per heavy atom. The molecular formula is C33H31BrNO2PS2. The third kappa shape index (κ3) is 7.89. The quantitative estimate of drug-likeness (QED) is 0.141. The summed E-state index contributed by atoms with van der Waals surface area (Å²) in [6.45, 7) is 2.13. The molecule has 204 valence electrons. The van der Waals surface area contributed by atoms with Gasteiger partial charge in [-0.3, -0.25) is 4.79 Å². The van der Waals surface area contributed by atoms with Gasteiger partial charge in [0.1, 0.15) is 40.7 Å². The Kier molecular flexibility index (Phi) is 12.1. The molecule has 0 amide bonds. The fourth-order valence-corrected chi connectivity index (χ4v) is 10.2. The number of carbonyl (C=O) groups excluding carboxylic acids is 1. The summed E-state index contributed by atoms with van der Waals surface area (Å²) < 4.78 is 5.66. The average molecular weight is 649 g/mol. The minimum absolute atomic E-state index is 0. The predicted molar refractivity (Wildman–Crippen MR) is 170 cm³/mol. The number of benzene rings is 4. The largest absolute Gasteiger partial charge is 1.00 e. The second-order valence-corrected chi connectivity index (χ2v) is 15.2. The van der Waals surface area contributed by atoms with Gasteiger partial charge in [0.05, 0.1) is 10.3 Å². The monoisotopic (exact) mass is 647 g/mol. The summed E-state index contributed by atoms with van der Waals surface area (Å²) >= 11 is 6.89. The van der Waals surface area contributed by atoms with Gasteiger partial charge in [-0.1, -0.05) is 109 Å². The maximum Gasteiger partial charge on any atom is 0.306 e. The number of carbonyl (C=O) groups is 1. The number of rotatable bonds is 11. The zero-order valence-electron chi connectivity index (χ0n) is 22.3. The lowest BCUT2D eigenvalue weighted by Gasteiger charge is -2.27. The van der Waals surface area contributed by atoms with Crippen LogP contribution in [0.5, 0.6) is 0 Å². The van der Waals surface area contributed by atoms with Crippen LogP contribution in [0.1, 0.15) is 25.3 Å². The van der Waals surface area contributed by atoms with Gasteiger partial charge >= 0.3 is 5.97 Å². The van der Waals surface area contributed by atoms with Crippen LogP contribution in [0, 0.1) is 11.3 Å². The van der Waals surface area contributed by atoms with Crippen LogP contribution in [-0.2, 0) is 9.53 Å². The van der Waals surface area contributed by atoms with Crippen molar-refractivity contribution >= 4 is 57.3 Å². The number of halogens is 1. The van der Waals surface area contributed by atoms with Crippen LogP contribution in [0.3, 0.4) is 0 Å². The topological polar surface area (TPSA) is 50.1 Å². The summed E-state index contributed by atoms with van der Waals surface area (Å²) in [6, 6.07) is 43.6. The van der Waals surface area contributed by atoms with Gasteiger partial charge in [-0.15, -0.1) is 0 Å². The lowest BCUT2D eigenvalue weighted by atomic mass is 10.1. The predicted octanol–water partition coefficient (Wildman–Crippen LogP) is 3.70. The Morgan fingerprint density at radius 2 is 1.25 bits per heavy atom. The molecule has 0 saturated heterocycles. The minimum Gasteiger partial charge on any atom is -1.00 e. The summed E-state index contributed by atoms with van der Waals surface area (Å²) in [5, 5.41) is 13.6. The van der Waals surface area contributed by atoms with E-state index in [0.29, 0.717) is 23.4 Å². The van der Waals surface area contributed by atoms with Gasteiger partial charge in [-0.2, -0.15) is 5.26 Å². The van der Waals surface area contributed by atoms with Gasteiger partial charge in [-0.05, 0) is 55.3 Å². The number of thiocarbonyl (C=S) groups is 1. The van der Waals surface area contributed by atoms with E-state index in [4.69, 9.17) is 17.0 Å². The second-order valence-electron chi connectivity index (χ2n) is 9.36. The summed E-state index contributed by atoms with van der Waals surface area (Å²) in [7, 11) is -2.07. The van der Waals surface area contributed by atoms with Crippen molar-refractivity contribution in [3.63, 3.8) is 0 Å². The number of hydrogen-bond acceptors (Lipinski definition) is 5. The first-order valence-corrected chi connectivity index (χ1v) is 16.1. The number of thioether (sulfide) groups is 1. The molecule has 1 atom stereocenters. The maximum atomic E-state index is 12.9. The van der Waals surface area contributed by atoms with Crippen molar-refractivity contribution < 1.29 is 26.5 Å². The van der Waals surface area contributed by atoms with Crippen molar-refractivity contribution in [1.82, 2.24) is 0 Å². The van der Waals surface area contributed by atoms with Crippen LogP contribution in [0.15, 0.2) is 121 Å². The highest BCUT2D eigenvalue weighted by atomic mass is 79.9. The fourth-order valence-electron chi connectivity index (χ4n) is 4.56. The van der Waals surface area contributed by atoms with Gasteiger partial charge in [-0.25, -0.2) is 0 Å². The third-order valence-electron chi connectivity index (χ3n) is 6.65. The minimum atomic E-state index is -2.07. The molecule has 0 aliphatic rings. The van der Waals surface area contributed by atoms with E-state index in [1.165, 1.54) is 27.7 Å². The van der Waals surface area contributed by atoms with Gasteiger partial charge < -0.3 is 21.7 Å². The molecule has 3 nitrogen and oxygen atoms in total. The number of ether oxygens (including phenoxy) is 1. The molecule has 0 N–H and O–H groups in total. The van der Waals surface area contributed by atoms with E-state index in [1.807, 2.05) is 55.5 Å². The van der Waals surface area contributed by atoms with E-state index in [2.05, 4.69) is 78.9 Å². The molecule has 0 fully saturated rings. The Hall–Kier alpha value is -2.81. The second kappa shape index (κ2) is 15.3. The molecule has 0 saturated carbocycles. The van der Waals surface area contributed by atoms with Crippen LogP contribution in [0.4, 0.5) is 0 Å². The Balaban J connectivity index is 0.00000441. The van der Waals surface area contributed by atoms with E-state index in [-0.39, 0.29) is 29.4 Å². The lowest BCUT2D eigenvalue weighted by molar-refractivity contribution is -0.143. The van der Waals surface area contributed by atoms with Crippen LogP contribution < -0.4 is 32.9 Å². The smallest absolute Gasteiger partial charge is 0.306 e. The first kappa shape index (κ1) is 31.7. The van der Waals surface area contributed by atoms with E-state index in [9.17, 15) is 10.1 Å². The Labute approximate surface area is 258 Å². The number of esters is 1. The normalized spacial score (nSPS) is 12.3. The SMILES string of the molecule is CC(C#N)(CCC(=O)OCC[P+](c1ccccc1)(c1ccccc1)c1ccccc1)SC(=S)c1ccccc1.[Br-]. The average Bonchev–Trinajstić information content (AvgIpc) is 3.00. The molecule has 0 spiro atoms. The molecule has 40 heavy (non-hydrogen) atoms. The van der Waals surface area contributed by atoms with Crippen LogP contribution in [0.25, 0.3) is 0 Å². The van der Waals surface area contributed by atoms with Crippen molar-refractivity contribution in [3.8, 4) is 6.07 Å². The first-order chi connectivity index (χ1) is 19.0. The summed E-state index contributed by atoms with van der Waals surface area (Å²) in [5.41, 5.74) is 0.907. The molecule has 0 aliphatic carbocycles. The van der Waals surface area contributed by atoms with Crippen LogP contribution >= 0.6 is 31.2 Å². The third-order valence-corrected chi connectivity index (χ3v) is 12.7. The summed E-state index contributed by atoms with van der Waals surface area (Å²) in [4.78, 5) is 12.9. The molecule has 0 heterocycles. The fraction of sp³-hybridized carbons (Fsp3) is 0.182. The lowest BCUT2D eigenvalue weighted by Crippen LogP contribution is -3.00. The molecule has 7 heteroatoms. The van der Waals surface area contributed by atoms with Crippen molar-refractivity contribution in [3.05, 3.63) is 127 Å². The number of hydrogen-bond donors (Lipinski definition) is 0. The van der Waals surface area contributed by atoms with Crippen molar-refractivity contribution in [2.75, 3.05) is 12.8 Å². The van der Waals surface area contributed by atoms with Gasteiger partial charge in [0, 0.05) is 6.42 Å². The van der Waals surface area contributed by atoms with E-state index in [1.54, 1.807) is 0 Å². The van der Waals surface area contributed by atoms with Crippen LogP contribution in [0.2, 0.25) is 0 Å². The standard InChI is InChI=1S/C33H31NO2PS2.BrH/c1-33(26-34,39-32(38)27-14-6-2-7-15-27)23-22-31(35)36-24-25-37(28-16-8-3-9-17-28,29-18-10-4-11-19-29)30-20-12-5-13-21-30;/h2-21H,22-25H2,1H3;1H/q+1;/p-1. The highest BCUT2D eigenvalue weighted by molar-refractivity contribution is 8.24. The van der Waals surface area contributed by atoms with Gasteiger partial charge in [0.15, 0.2) is 0 Å². The zero-order valence-corrected chi connectivity index (χ0v) is 26.4. The molecule has 0 aliphatic heterocycles. The molecule has 1 unspecified atom stereocenters. The summed E-state index contributed by atoms with van der Waals surface area (Å²) in [6.07, 6.45) is 1.21. The summed E-state index contributed by atoms with van der Waals surface area (Å²) in [5.74, 6) is -0.296. The highest BCUT2D eigenvalue weighted by Crippen LogP contribution is 2.55. The molecule has 4 rings (SSSR count). The van der Waals surface area contributed by atoms with Crippen LogP contribution in [-0.4, -0.2) is 27.7 Å².